The number of rotatable bonds is 1. The predicted molar refractivity (Wildman–Crippen MR) is 63.2 cm³/mol. The van der Waals surface area contributed by atoms with E-state index in [2.05, 4.69) is 0 Å². The van der Waals surface area contributed by atoms with Crippen LogP contribution in [0.5, 0.6) is 5.75 Å². The third kappa shape index (κ3) is 1.52. The van der Waals surface area contributed by atoms with Crippen LogP contribution in [0, 0.1) is 6.92 Å². The summed E-state index contributed by atoms with van der Waals surface area (Å²) in [5.41, 5.74) is 1.06. The van der Waals surface area contributed by atoms with Crippen molar-refractivity contribution in [1.29, 1.82) is 0 Å². The zero-order chi connectivity index (χ0) is 11.9. The van der Waals surface area contributed by atoms with Gasteiger partial charge in [-0.1, -0.05) is 0 Å². The molecule has 1 heterocycles. The van der Waals surface area contributed by atoms with Gasteiger partial charge in [0.15, 0.2) is 0 Å². The van der Waals surface area contributed by atoms with Crippen molar-refractivity contribution >= 4 is 16.7 Å². The summed E-state index contributed by atoms with van der Waals surface area (Å²) in [6.45, 7) is 1.54. The minimum Gasteiger partial charge on any atom is -0.507 e. The second-order valence-corrected chi connectivity index (χ2v) is 3.94. The van der Waals surface area contributed by atoms with Crippen LogP contribution in [0.3, 0.4) is 0 Å². The van der Waals surface area contributed by atoms with Gasteiger partial charge in [-0.05, 0) is 19.1 Å². The first kappa shape index (κ1) is 10.5. The lowest BCUT2D eigenvalue weighted by Gasteiger charge is -2.12. The fourth-order valence-corrected chi connectivity index (χ4v) is 1.54. The van der Waals surface area contributed by atoms with Crippen molar-refractivity contribution in [1.82, 2.24) is 0 Å². The Hall–Kier alpha value is -1.97. The van der Waals surface area contributed by atoms with E-state index in [-0.39, 0.29) is 11.3 Å². The Bertz CT molecular complexity index is 599. The number of anilines is 1. The first-order chi connectivity index (χ1) is 7.50. The molecule has 4 nitrogen and oxygen atoms in total. The SMILES string of the molecule is Cc1c(O)c2ccc(N(C)C)cc2oc1=O. The van der Waals surface area contributed by atoms with Crippen molar-refractivity contribution < 1.29 is 9.52 Å². The molecule has 0 bridgehead atoms. The summed E-state index contributed by atoms with van der Waals surface area (Å²) in [6, 6.07) is 5.34. The fraction of sp³-hybridized carbons (Fsp3) is 0.250. The van der Waals surface area contributed by atoms with Crippen LogP contribution in [-0.2, 0) is 0 Å². The lowest BCUT2D eigenvalue weighted by Crippen LogP contribution is -2.09. The molecule has 0 radical (unpaired) electrons. The van der Waals surface area contributed by atoms with Gasteiger partial charge in [0.25, 0.3) is 0 Å². The van der Waals surface area contributed by atoms with Crippen LogP contribution >= 0.6 is 0 Å². The van der Waals surface area contributed by atoms with Gasteiger partial charge in [0, 0.05) is 25.8 Å². The zero-order valence-electron chi connectivity index (χ0n) is 9.44. The lowest BCUT2D eigenvalue weighted by atomic mass is 10.1. The Morgan fingerprint density at radius 1 is 1.31 bits per heavy atom. The van der Waals surface area contributed by atoms with Crippen molar-refractivity contribution in [2.45, 2.75) is 6.92 Å². The van der Waals surface area contributed by atoms with Gasteiger partial charge in [0.1, 0.15) is 11.3 Å². The summed E-state index contributed by atoms with van der Waals surface area (Å²) in [5, 5.41) is 10.4. The highest BCUT2D eigenvalue weighted by Crippen LogP contribution is 2.28. The predicted octanol–water partition coefficient (Wildman–Crippen LogP) is 1.87. The van der Waals surface area contributed by atoms with E-state index in [4.69, 9.17) is 4.42 Å². The molecule has 2 aromatic rings. The molecule has 1 N–H and O–H groups in total. The van der Waals surface area contributed by atoms with E-state index in [9.17, 15) is 9.90 Å². The maximum atomic E-state index is 11.4. The van der Waals surface area contributed by atoms with Crippen LogP contribution in [0.1, 0.15) is 5.56 Å². The van der Waals surface area contributed by atoms with E-state index in [1.54, 1.807) is 19.1 Å². The molecular formula is C12H13NO3. The van der Waals surface area contributed by atoms with Crippen molar-refractivity contribution in [3.8, 4) is 5.75 Å². The summed E-state index contributed by atoms with van der Waals surface area (Å²) in [4.78, 5) is 13.3. The zero-order valence-corrected chi connectivity index (χ0v) is 9.44. The van der Waals surface area contributed by atoms with Gasteiger partial charge in [-0.15, -0.1) is 0 Å². The first-order valence-electron chi connectivity index (χ1n) is 4.94. The molecule has 1 aromatic heterocycles. The van der Waals surface area contributed by atoms with Crippen LogP contribution in [0.4, 0.5) is 5.69 Å². The molecule has 0 saturated heterocycles. The highest BCUT2D eigenvalue weighted by atomic mass is 16.4. The molecule has 0 amide bonds. The quantitative estimate of drug-likeness (QED) is 0.744. The van der Waals surface area contributed by atoms with Gasteiger partial charge >= 0.3 is 5.63 Å². The van der Waals surface area contributed by atoms with Gasteiger partial charge in [-0.3, -0.25) is 0 Å². The molecule has 0 unspecified atom stereocenters. The number of hydrogen-bond donors (Lipinski definition) is 1. The Kier molecular flexibility index (Phi) is 2.34. The maximum Gasteiger partial charge on any atom is 0.342 e. The summed E-state index contributed by atoms with van der Waals surface area (Å²) < 4.78 is 5.12. The van der Waals surface area contributed by atoms with Gasteiger partial charge < -0.3 is 14.4 Å². The third-order valence-corrected chi connectivity index (χ3v) is 2.60. The fourth-order valence-electron chi connectivity index (χ4n) is 1.54. The van der Waals surface area contributed by atoms with Crippen molar-refractivity contribution in [2.24, 2.45) is 0 Å². The van der Waals surface area contributed by atoms with Crippen LogP contribution < -0.4 is 10.5 Å². The van der Waals surface area contributed by atoms with Crippen LogP contribution in [0.15, 0.2) is 27.4 Å². The van der Waals surface area contributed by atoms with E-state index in [1.807, 2.05) is 25.1 Å². The number of aromatic hydroxyl groups is 1. The third-order valence-electron chi connectivity index (χ3n) is 2.60. The largest absolute Gasteiger partial charge is 0.507 e. The number of benzene rings is 1. The van der Waals surface area contributed by atoms with E-state index >= 15 is 0 Å². The molecular weight excluding hydrogens is 206 g/mol. The van der Waals surface area contributed by atoms with Crippen LogP contribution in [0.25, 0.3) is 11.0 Å². The van der Waals surface area contributed by atoms with Crippen molar-refractivity contribution in [2.75, 3.05) is 19.0 Å². The summed E-state index contributed by atoms with van der Waals surface area (Å²) in [7, 11) is 3.79. The number of fused-ring (bicyclic) bond motifs is 1. The molecule has 84 valence electrons. The van der Waals surface area contributed by atoms with Crippen LogP contribution in [-0.4, -0.2) is 19.2 Å². The molecule has 16 heavy (non-hydrogen) atoms. The van der Waals surface area contributed by atoms with E-state index < -0.39 is 5.63 Å². The van der Waals surface area contributed by atoms with Gasteiger partial charge in [0.05, 0.1) is 10.9 Å². The smallest absolute Gasteiger partial charge is 0.342 e. The molecule has 2 rings (SSSR count). The first-order valence-corrected chi connectivity index (χ1v) is 4.94. The standard InChI is InChI=1S/C12H13NO3/c1-7-11(14)9-5-4-8(13(2)3)6-10(9)16-12(7)15/h4-6,14H,1-3H3. The topological polar surface area (TPSA) is 53.7 Å². The minimum atomic E-state index is -0.499. The van der Waals surface area contributed by atoms with E-state index in [0.717, 1.165) is 5.69 Å². The molecule has 0 atom stereocenters. The summed E-state index contributed by atoms with van der Waals surface area (Å²) in [6.07, 6.45) is 0. The normalized spacial score (nSPS) is 10.7. The number of nitrogens with zero attached hydrogens (tertiary/aromatic N) is 1. The Balaban J connectivity index is 2.81. The van der Waals surface area contributed by atoms with Gasteiger partial charge in [-0.2, -0.15) is 0 Å². The molecule has 0 aliphatic carbocycles. The molecule has 0 fully saturated rings. The monoisotopic (exact) mass is 219 g/mol. The Morgan fingerprint density at radius 3 is 2.62 bits per heavy atom. The molecule has 0 spiro atoms. The molecule has 0 aliphatic heterocycles. The minimum absolute atomic E-state index is 0.00319. The second-order valence-electron chi connectivity index (χ2n) is 3.94. The van der Waals surface area contributed by atoms with Gasteiger partial charge in [0.2, 0.25) is 0 Å². The average molecular weight is 219 g/mol. The van der Waals surface area contributed by atoms with E-state index in [0.29, 0.717) is 11.0 Å². The lowest BCUT2D eigenvalue weighted by molar-refractivity contribution is 0.461. The molecule has 4 heteroatoms. The van der Waals surface area contributed by atoms with E-state index in [1.165, 1.54) is 0 Å². The Morgan fingerprint density at radius 2 is 2.00 bits per heavy atom. The van der Waals surface area contributed by atoms with Crippen LogP contribution in [0.2, 0.25) is 0 Å². The second kappa shape index (κ2) is 3.56. The summed E-state index contributed by atoms with van der Waals surface area (Å²) in [5.74, 6) is -0.00319. The van der Waals surface area contributed by atoms with Crippen molar-refractivity contribution in [3.05, 3.63) is 34.2 Å². The molecule has 0 saturated carbocycles. The highest BCUT2D eigenvalue weighted by Gasteiger charge is 2.10. The van der Waals surface area contributed by atoms with Gasteiger partial charge in [-0.25, -0.2) is 4.79 Å². The Labute approximate surface area is 92.7 Å². The summed E-state index contributed by atoms with van der Waals surface area (Å²) >= 11 is 0. The molecule has 0 aliphatic rings. The number of hydrogen-bond acceptors (Lipinski definition) is 4. The van der Waals surface area contributed by atoms with Crippen molar-refractivity contribution in [3.63, 3.8) is 0 Å². The average Bonchev–Trinajstić information content (AvgIpc) is 2.25. The highest BCUT2D eigenvalue weighted by molar-refractivity contribution is 5.86. The maximum absolute atomic E-state index is 11.4. The molecule has 1 aromatic carbocycles.